The molecule has 0 bridgehead atoms. The lowest BCUT2D eigenvalue weighted by molar-refractivity contribution is 0.952. The number of thiophene rings is 3. The Balaban J connectivity index is 0.710. The Kier molecular flexibility index (Phi) is 11.7. The highest BCUT2D eigenvalue weighted by molar-refractivity contribution is 7.26. The third kappa shape index (κ3) is 8.26. The van der Waals surface area contributed by atoms with Gasteiger partial charge in [0, 0.05) is 110 Å². The van der Waals surface area contributed by atoms with Crippen LogP contribution in [0, 0.1) is 0 Å². The molecule has 0 aliphatic heterocycles. The first-order chi connectivity index (χ1) is 47.5. The van der Waals surface area contributed by atoms with Crippen molar-refractivity contribution in [1.29, 1.82) is 0 Å². The number of benzene rings is 14. The Hall–Kier alpha value is -11.8. The molecule has 14 aromatic carbocycles. The van der Waals surface area contributed by atoms with Gasteiger partial charge in [-0.2, -0.15) is 4.98 Å². The summed E-state index contributed by atoms with van der Waals surface area (Å²) >= 11 is 5.56. The van der Waals surface area contributed by atoms with Gasteiger partial charge in [0.25, 0.3) is 0 Å². The number of nitrogens with zero attached hydrogens (tertiary/aromatic N) is 5. The van der Waals surface area contributed by atoms with Gasteiger partial charge in [0.1, 0.15) is 5.82 Å². The summed E-state index contributed by atoms with van der Waals surface area (Å²) in [5.74, 6) is 1.37. The number of hydrogen-bond acceptors (Lipinski definition) is 5. The quantitative estimate of drug-likeness (QED) is 0.152. The van der Waals surface area contributed by atoms with Gasteiger partial charge in [-0.25, -0.2) is 4.98 Å². The predicted octanol–water partition coefficient (Wildman–Crippen LogP) is 25.2. The summed E-state index contributed by atoms with van der Waals surface area (Å²) < 4.78 is 14.9. The summed E-state index contributed by atoms with van der Waals surface area (Å²) in [5.41, 5.74) is 18.8. The maximum atomic E-state index is 5.77. The van der Waals surface area contributed by atoms with E-state index in [1.807, 2.05) is 34.0 Å². The lowest BCUT2D eigenvalue weighted by Crippen LogP contribution is -2.07. The number of fused-ring (bicyclic) bond motifs is 18. The average molecular weight is 1270 g/mol. The molecule has 7 heterocycles. The molecule has 0 fully saturated rings. The van der Waals surface area contributed by atoms with Crippen LogP contribution in [-0.2, 0) is 0 Å². The van der Waals surface area contributed by atoms with E-state index in [0.717, 1.165) is 88.6 Å². The molecule has 7 aromatic heterocycles. The zero-order chi connectivity index (χ0) is 62.7. The lowest BCUT2D eigenvalue weighted by atomic mass is 10.0. The van der Waals surface area contributed by atoms with Gasteiger partial charge in [-0.1, -0.05) is 200 Å². The number of rotatable bonds is 8. The molecule has 5 nitrogen and oxygen atoms in total. The minimum absolute atomic E-state index is 0.594. The summed E-state index contributed by atoms with van der Waals surface area (Å²) in [6.07, 6.45) is 0. The van der Waals surface area contributed by atoms with E-state index in [2.05, 4.69) is 323 Å². The monoisotopic (exact) mass is 1270 g/mol. The van der Waals surface area contributed by atoms with E-state index in [1.165, 1.54) is 105 Å². The molecule has 0 N–H and O–H groups in total. The van der Waals surface area contributed by atoms with Crippen LogP contribution in [0.15, 0.2) is 309 Å². The molecule has 0 amide bonds. The van der Waals surface area contributed by atoms with Crippen molar-refractivity contribution in [1.82, 2.24) is 23.7 Å². The minimum atomic E-state index is 0.594. The first-order valence-corrected chi connectivity index (χ1v) is 34.9. The Morgan fingerprint density at radius 1 is 0.198 bits per heavy atom. The van der Waals surface area contributed by atoms with Gasteiger partial charge in [0.15, 0.2) is 0 Å². The van der Waals surface area contributed by atoms with Crippen LogP contribution in [0.25, 0.3) is 199 Å². The Bertz CT molecular complexity index is 6580. The van der Waals surface area contributed by atoms with Crippen molar-refractivity contribution < 1.29 is 0 Å². The van der Waals surface area contributed by atoms with Gasteiger partial charge in [0.2, 0.25) is 5.95 Å². The average Bonchev–Trinajstić information content (AvgIpc) is 1.66. The van der Waals surface area contributed by atoms with Crippen molar-refractivity contribution in [2.24, 2.45) is 0 Å². The minimum Gasteiger partial charge on any atom is -0.309 e. The topological polar surface area (TPSA) is 40.6 Å². The van der Waals surface area contributed by atoms with Crippen LogP contribution in [0.4, 0.5) is 0 Å². The smallest absolute Gasteiger partial charge is 0.237 e. The fourth-order valence-electron chi connectivity index (χ4n) is 15.3. The van der Waals surface area contributed by atoms with Crippen molar-refractivity contribution in [3.8, 4) is 73.2 Å². The van der Waals surface area contributed by atoms with Crippen LogP contribution < -0.4 is 0 Å². The molecule has 21 rings (SSSR count). The summed E-state index contributed by atoms with van der Waals surface area (Å²) in [6, 6.07) is 114. The number of aromatic nitrogens is 5. The first kappa shape index (κ1) is 53.7. The molecule has 0 saturated heterocycles. The summed E-state index contributed by atoms with van der Waals surface area (Å²) in [6.45, 7) is 0. The normalized spacial score (nSPS) is 12.2. The van der Waals surface area contributed by atoms with E-state index < -0.39 is 0 Å². The Morgan fingerprint density at radius 3 is 0.969 bits per heavy atom. The lowest BCUT2D eigenvalue weighted by Gasteiger charge is -2.15. The zero-order valence-corrected chi connectivity index (χ0v) is 53.9. The van der Waals surface area contributed by atoms with Crippen LogP contribution in [0.3, 0.4) is 0 Å². The highest BCUT2D eigenvalue weighted by Gasteiger charge is 2.23. The molecule has 0 aliphatic carbocycles. The summed E-state index contributed by atoms with van der Waals surface area (Å²) in [4.78, 5) is 11.5. The fourth-order valence-corrected chi connectivity index (χ4v) is 18.6. The Labute approximate surface area is 562 Å². The highest BCUT2D eigenvalue weighted by Crippen LogP contribution is 2.44. The highest BCUT2D eigenvalue weighted by atomic mass is 32.1. The molecule has 8 heteroatoms. The first-order valence-electron chi connectivity index (χ1n) is 32.5. The maximum absolute atomic E-state index is 5.77. The molecule has 0 atom stereocenters. The van der Waals surface area contributed by atoms with Gasteiger partial charge < -0.3 is 4.57 Å². The Morgan fingerprint density at radius 2 is 0.510 bits per heavy atom. The van der Waals surface area contributed by atoms with Gasteiger partial charge in [0.05, 0.1) is 38.8 Å². The van der Waals surface area contributed by atoms with Crippen molar-refractivity contribution in [3.63, 3.8) is 0 Å². The zero-order valence-electron chi connectivity index (χ0n) is 51.4. The summed E-state index contributed by atoms with van der Waals surface area (Å²) in [5, 5.41) is 14.8. The van der Waals surface area contributed by atoms with E-state index in [1.54, 1.807) is 0 Å². The van der Waals surface area contributed by atoms with Crippen molar-refractivity contribution >= 4 is 160 Å². The van der Waals surface area contributed by atoms with Gasteiger partial charge in [-0.3, -0.25) is 9.13 Å². The SMILES string of the molecule is c1ccc2c(c1)sc1ccc(-c3ccc4c5ccccc5n(-c5ccc(-c6ccc(-c7cc(-n8c9ccccc9c9ccc(-c%10ccc%11sc%12ccccc%12c%11c%10)cc98)nc(-n8c9ccccc9c9ccc(-c%10ccc%11sc%12ccccc%12c%11c%10)cc98)n7)cc6)cc5)c4c3)cc12. The van der Waals surface area contributed by atoms with Crippen LogP contribution in [0.5, 0.6) is 0 Å². The fraction of sp³-hybridized carbons (Fsp3) is 0. The predicted molar refractivity (Wildman–Crippen MR) is 411 cm³/mol. The molecule has 21 aromatic rings. The summed E-state index contributed by atoms with van der Waals surface area (Å²) in [7, 11) is 0. The van der Waals surface area contributed by atoms with Crippen LogP contribution in [-0.4, -0.2) is 23.7 Å². The van der Waals surface area contributed by atoms with Gasteiger partial charge >= 0.3 is 0 Å². The number of hydrogen-bond donors (Lipinski definition) is 0. The standard InChI is InChI=1S/C88H51N5S3/c1-7-19-75-62(13-1)65-39-31-58(55-34-42-84-71(45-55)68-16-4-10-22-81(68)94-84)48-78(65)91(75)61-37-29-53(30-38-61)52-25-27-54(28-26-52)74-51-87(92-76-20-8-2-14-63(76)66-40-32-59(49-79(66)92)56-35-43-85-72(46-56)69-17-5-11-23-82(69)95-85)90-88(89-74)93-77-21-9-3-15-64(77)67-41-33-60(50-80(67)93)57-36-44-86-73(47-57)70-18-6-12-24-83(70)96-86/h1-51H. The van der Waals surface area contributed by atoms with Crippen LogP contribution in [0.1, 0.15) is 0 Å². The van der Waals surface area contributed by atoms with Crippen molar-refractivity contribution in [2.45, 2.75) is 0 Å². The van der Waals surface area contributed by atoms with E-state index in [0.29, 0.717) is 5.95 Å². The molecule has 0 saturated carbocycles. The second-order valence-corrected chi connectivity index (χ2v) is 28.5. The van der Waals surface area contributed by atoms with Crippen molar-refractivity contribution in [2.75, 3.05) is 0 Å². The van der Waals surface area contributed by atoms with Crippen LogP contribution in [0.2, 0.25) is 0 Å². The van der Waals surface area contributed by atoms with Crippen molar-refractivity contribution in [3.05, 3.63) is 309 Å². The molecule has 96 heavy (non-hydrogen) atoms. The van der Waals surface area contributed by atoms with Crippen LogP contribution >= 0.6 is 34.0 Å². The molecular formula is C88H51N5S3. The molecule has 0 unspecified atom stereocenters. The maximum Gasteiger partial charge on any atom is 0.237 e. The largest absolute Gasteiger partial charge is 0.309 e. The molecule has 446 valence electrons. The van der Waals surface area contributed by atoms with E-state index in [-0.39, 0.29) is 0 Å². The molecule has 0 spiro atoms. The molecule has 0 radical (unpaired) electrons. The van der Waals surface area contributed by atoms with E-state index in [4.69, 9.17) is 9.97 Å². The van der Waals surface area contributed by atoms with E-state index in [9.17, 15) is 0 Å². The second kappa shape index (κ2) is 20.9. The van der Waals surface area contributed by atoms with Gasteiger partial charge in [-0.05, 0) is 148 Å². The van der Waals surface area contributed by atoms with E-state index >= 15 is 0 Å². The third-order valence-corrected chi connectivity index (χ3v) is 23.4. The molecule has 0 aliphatic rings. The third-order valence-electron chi connectivity index (χ3n) is 19.9. The second-order valence-electron chi connectivity index (χ2n) is 25.2. The van der Waals surface area contributed by atoms with Gasteiger partial charge in [-0.15, -0.1) is 34.0 Å². The molecular weight excluding hydrogens is 1220 g/mol. The number of para-hydroxylation sites is 3.